The molecule has 4 heteroatoms. The van der Waals surface area contributed by atoms with Crippen LogP contribution in [0.1, 0.15) is 5.56 Å². The highest BCUT2D eigenvalue weighted by atomic mass is 31.2. The fourth-order valence-electron chi connectivity index (χ4n) is 2.09. The van der Waals surface area contributed by atoms with E-state index in [0.717, 1.165) is 5.30 Å². The van der Waals surface area contributed by atoms with Crippen molar-refractivity contribution in [1.29, 1.82) is 0 Å². The Morgan fingerprint density at radius 1 is 1.00 bits per heavy atom. The minimum atomic E-state index is -1.54. The Hall–Kier alpha value is -1.73. The van der Waals surface area contributed by atoms with Crippen LogP contribution in [0, 0.1) is 17.0 Å². The highest BCUT2D eigenvalue weighted by Crippen LogP contribution is 2.48. The number of hydrogen-bond acceptors (Lipinski definition) is 2. The number of rotatable bonds is 3. The van der Waals surface area contributed by atoms with E-state index in [1.165, 1.54) is 5.30 Å². The molecule has 0 fully saturated rings. The molecular weight excluding hydrogens is 257 g/mol. The van der Waals surface area contributed by atoms with Gasteiger partial charge >= 0.3 is 0 Å². The molecule has 0 aliphatic rings. The van der Waals surface area contributed by atoms with Crippen molar-refractivity contribution in [3.05, 3.63) is 64.2 Å². The minimum Gasteiger partial charge on any atom is -0.258 e. The number of aryl methyl sites for hydroxylation is 1. The molecule has 19 heavy (non-hydrogen) atoms. The first-order chi connectivity index (χ1) is 8.93. The Morgan fingerprint density at radius 3 is 2.21 bits per heavy atom. The molecule has 0 aliphatic carbocycles. The second-order valence-corrected chi connectivity index (χ2v) is 8.96. The third-order valence-electron chi connectivity index (χ3n) is 3.44. The lowest BCUT2D eigenvalue weighted by Crippen LogP contribution is -2.20. The maximum absolute atomic E-state index is 11.1. The summed E-state index contributed by atoms with van der Waals surface area (Å²) in [7, 11) is -1.54. The van der Waals surface area contributed by atoms with E-state index in [1.54, 1.807) is 13.0 Å². The topological polar surface area (TPSA) is 43.1 Å². The average molecular weight is 274 g/mol. The number of nitro groups is 1. The van der Waals surface area contributed by atoms with Crippen molar-refractivity contribution < 1.29 is 4.92 Å². The molecule has 0 bridgehead atoms. The lowest BCUT2D eigenvalue weighted by Gasteiger charge is -2.17. The Balaban J connectivity index is 2.53. The summed E-state index contributed by atoms with van der Waals surface area (Å²) in [5.41, 5.74) is 0.920. The summed E-state index contributed by atoms with van der Waals surface area (Å²) in [6.07, 6.45) is 0. The first-order valence-electron chi connectivity index (χ1n) is 6.08. The molecule has 2 rings (SSSR count). The zero-order valence-electron chi connectivity index (χ0n) is 11.3. The van der Waals surface area contributed by atoms with Crippen LogP contribution in [0.3, 0.4) is 0 Å². The maximum atomic E-state index is 11.1. The van der Waals surface area contributed by atoms with Gasteiger partial charge in [-0.05, 0) is 31.2 Å². The van der Waals surface area contributed by atoms with Gasteiger partial charge in [0.1, 0.15) is 5.30 Å². The summed E-state index contributed by atoms with van der Waals surface area (Å²) >= 11 is 0. The highest BCUT2D eigenvalue weighted by Gasteiger charge is 2.33. The number of nitrogens with zero attached hydrogens (tertiary/aromatic N) is 1. The van der Waals surface area contributed by atoms with Crippen LogP contribution in [0.2, 0.25) is 0 Å². The van der Waals surface area contributed by atoms with Gasteiger partial charge in [-0.1, -0.05) is 18.2 Å². The third-order valence-corrected chi connectivity index (χ3v) is 6.59. The molecule has 0 amide bonds. The summed E-state index contributed by atoms with van der Waals surface area (Å²) in [5, 5.41) is 13.4. The zero-order chi connectivity index (χ0) is 14.0. The Morgan fingerprint density at radius 2 is 1.63 bits per heavy atom. The van der Waals surface area contributed by atoms with Crippen LogP contribution < -0.4 is 10.6 Å². The predicted octanol–water partition coefficient (Wildman–Crippen LogP) is 3.13. The molecule has 2 aromatic carbocycles. The van der Waals surface area contributed by atoms with Crippen molar-refractivity contribution in [1.82, 2.24) is 0 Å². The van der Waals surface area contributed by atoms with Gasteiger partial charge in [-0.25, -0.2) is 0 Å². The summed E-state index contributed by atoms with van der Waals surface area (Å²) < 4.78 is 0. The van der Waals surface area contributed by atoms with Gasteiger partial charge in [0.2, 0.25) is 0 Å². The van der Waals surface area contributed by atoms with Crippen LogP contribution in [-0.2, 0) is 0 Å². The highest BCUT2D eigenvalue weighted by molar-refractivity contribution is 7.88. The fourth-order valence-corrected chi connectivity index (χ4v) is 4.20. The Labute approximate surface area is 113 Å². The van der Waals surface area contributed by atoms with Gasteiger partial charge in [-0.2, -0.15) is 0 Å². The second-order valence-electron chi connectivity index (χ2n) is 5.02. The molecule has 0 radical (unpaired) electrons. The molecule has 0 saturated heterocycles. The monoisotopic (exact) mass is 274 g/mol. The lowest BCUT2D eigenvalue weighted by atomic mass is 10.2. The van der Waals surface area contributed by atoms with Crippen molar-refractivity contribution in [2.45, 2.75) is 6.92 Å². The molecule has 0 spiro atoms. The van der Waals surface area contributed by atoms with Crippen LogP contribution in [0.25, 0.3) is 0 Å². The van der Waals surface area contributed by atoms with Gasteiger partial charge in [-0.15, -0.1) is 0 Å². The molecule has 0 heterocycles. The summed E-state index contributed by atoms with van der Waals surface area (Å²) in [6, 6.07) is 15.8. The number of hydrogen-bond donors (Lipinski definition) is 0. The molecule has 3 nitrogen and oxygen atoms in total. The molecule has 0 unspecified atom stereocenters. The van der Waals surface area contributed by atoms with Crippen molar-refractivity contribution >= 4 is 23.6 Å². The standard InChI is InChI=1S/C15H17NO2P/c1-12-9-10-14(11-15(12)16(17)18)19(2,3)13-7-5-4-6-8-13/h4-11H,1-3H3/q+1. The van der Waals surface area contributed by atoms with Gasteiger partial charge in [0.15, 0.2) is 0 Å². The summed E-state index contributed by atoms with van der Waals surface area (Å²) in [4.78, 5) is 10.8. The Kier molecular flexibility index (Phi) is 3.68. The molecular formula is C15H17NO2P+. The summed E-state index contributed by atoms with van der Waals surface area (Å²) in [6.45, 7) is 6.16. The zero-order valence-corrected chi connectivity index (χ0v) is 12.2. The van der Waals surface area contributed by atoms with E-state index in [0.29, 0.717) is 5.56 Å². The lowest BCUT2D eigenvalue weighted by molar-refractivity contribution is -0.385. The van der Waals surface area contributed by atoms with Gasteiger partial charge in [-0.3, -0.25) is 10.1 Å². The Bertz CT molecular complexity index is 609. The minimum absolute atomic E-state index is 0.210. The SMILES string of the molecule is Cc1ccc([P+](C)(C)c2ccccc2)cc1[N+](=O)[O-]. The van der Waals surface area contributed by atoms with E-state index in [2.05, 4.69) is 25.5 Å². The van der Waals surface area contributed by atoms with E-state index < -0.39 is 7.26 Å². The average Bonchev–Trinajstić information content (AvgIpc) is 2.39. The molecule has 0 aliphatic heterocycles. The molecule has 98 valence electrons. The van der Waals surface area contributed by atoms with E-state index in [9.17, 15) is 10.1 Å². The van der Waals surface area contributed by atoms with Crippen LogP contribution in [0.4, 0.5) is 5.69 Å². The first-order valence-corrected chi connectivity index (χ1v) is 8.76. The first kappa shape index (κ1) is 13.7. The van der Waals surface area contributed by atoms with Gasteiger partial charge < -0.3 is 0 Å². The van der Waals surface area contributed by atoms with Crippen molar-refractivity contribution in [3.63, 3.8) is 0 Å². The van der Waals surface area contributed by atoms with E-state index >= 15 is 0 Å². The van der Waals surface area contributed by atoms with Crippen LogP contribution in [0.15, 0.2) is 48.5 Å². The second kappa shape index (κ2) is 5.10. The molecule has 0 atom stereocenters. The van der Waals surface area contributed by atoms with E-state index in [1.807, 2.05) is 30.3 Å². The van der Waals surface area contributed by atoms with Gasteiger partial charge in [0.25, 0.3) is 5.69 Å². The molecule has 0 saturated carbocycles. The molecule has 2 aromatic rings. The molecule has 0 N–H and O–H groups in total. The van der Waals surface area contributed by atoms with Crippen molar-refractivity contribution in [2.75, 3.05) is 13.3 Å². The smallest absolute Gasteiger partial charge is 0.258 e. The fraction of sp³-hybridized carbons (Fsp3) is 0.200. The molecule has 0 aromatic heterocycles. The van der Waals surface area contributed by atoms with Crippen LogP contribution in [-0.4, -0.2) is 18.3 Å². The van der Waals surface area contributed by atoms with E-state index in [-0.39, 0.29) is 10.6 Å². The quantitative estimate of drug-likeness (QED) is 0.490. The number of benzene rings is 2. The maximum Gasteiger partial charge on any atom is 0.276 e. The summed E-state index contributed by atoms with van der Waals surface area (Å²) in [5.74, 6) is 0. The van der Waals surface area contributed by atoms with Crippen LogP contribution >= 0.6 is 7.26 Å². The van der Waals surface area contributed by atoms with Crippen LogP contribution in [0.5, 0.6) is 0 Å². The number of nitro benzene ring substituents is 1. The van der Waals surface area contributed by atoms with Crippen molar-refractivity contribution in [2.24, 2.45) is 0 Å². The van der Waals surface area contributed by atoms with Gasteiger partial charge in [0.05, 0.1) is 36.9 Å². The largest absolute Gasteiger partial charge is 0.276 e. The van der Waals surface area contributed by atoms with Gasteiger partial charge in [0, 0.05) is 5.56 Å². The van der Waals surface area contributed by atoms with Crippen molar-refractivity contribution in [3.8, 4) is 0 Å². The third kappa shape index (κ3) is 2.66. The predicted molar refractivity (Wildman–Crippen MR) is 82.3 cm³/mol. The normalized spacial score (nSPS) is 11.3. The van der Waals surface area contributed by atoms with E-state index in [4.69, 9.17) is 0 Å².